The molecule has 9 heteroatoms. The van der Waals surface area contributed by atoms with Gasteiger partial charge in [-0.15, -0.1) is 5.10 Å². The van der Waals surface area contributed by atoms with Gasteiger partial charge in [0.05, 0.1) is 24.7 Å². The first-order valence-corrected chi connectivity index (χ1v) is 12.0. The molecule has 1 aliphatic carbocycles. The second-order valence-corrected chi connectivity index (χ2v) is 9.71. The van der Waals surface area contributed by atoms with Gasteiger partial charge in [0.15, 0.2) is 11.3 Å². The Morgan fingerprint density at radius 3 is 2.45 bits per heavy atom. The van der Waals surface area contributed by atoms with E-state index in [1.165, 1.54) is 47.6 Å². The fraction of sp³-hybridized carbons (Fsp3) is 0.500. The van der Waals surface area contributed by atoms with E-state index in [4.69, 9.17) is 5.73 Å². The fourth-order valence-electron chi connectivity index (χ4n) is 5.74. The average Bonchev–Trinajstić information content (AvgIpc) is 3.53. The largest absolute Gasteiger partial charge is 0.369 e. The molecule has 0 amide bonds. The van der Waals surface area contributed by atoms with Crippen LogP contribution in [0.25, 0.3) is 16.7 Å². The fourth-order valence-corrected chi connectivity index (χ4v) is 5.74. The molecule has 0 radical (unpaired) electrons. The van der Waals surface area contributed by atoms with Crippen LogP contribution >= 0.6 is 0 Å². The van der Waals surface area contributed by atoms with Crippen LogP contribution in [0.15, 0.2) is 41.3 Å². The zero-order valence-electron chi connectivity index (χ0n) is 18.9. The second-order valence-electron chi connectivity index (χ2n) is 9.71. The summed E-state index contributed by atoms with van der Waals surface area (Å²) in [6.07, 6.45) is 10.0. The highest BCUT2D eigenvalue weighted by Crippen LogP contribution is 2.46. The summed E-state index contributed by atoms with van der Waals surface area (Å²) in [5, 5.41) is 9.90. The number of benzene rings is 1. The molecule has 0 bridgehead atoms. The number of hydrogen-bond acceptors (Lipinski definition) is 6. The lowest BCUT2D eigenvalue weighted by Gasteiger charge is -2.39. The first-order valence-electron chi connectivity index (χ1n) is 12.0. The third-order valence-corrected chi connectivity index (χ3v) is 7.73. The molecule has 6 rings (SSSR count). The van der Waals surface area contributed by atoms with Gasteiger partial charge >= 0.3 is 5.69 Å². The summed E-state index contributed by atoms with van der Waals surface area (Å²) in [7, 11) is 0. The van der Waals surface area contributed by atoms with Crippen molar-refractivity contribution in [1.29, 1.82) is 0 Å². The Morgan fingerprint density at radius 1 is 0.939 bits per heavy atom. The molecule has 4 heterocycles. The van der Waals surface area contributed by atoms with Crippen molar-refractivity contribution in [2.75, 3.05) is 25.4 Å². The van der Waals surface area contributed by atoms with E-state index < -0.39 is 0 Å². The number of aromatic nitrogens is 6. The highest BCUT2D eigenvalue weighted by atomic mass is 16.2. The SMILES string of the molecule is Nc1nc2c(cnn2CCN2CCC3(CCCC3)CC2)c2nn(Cc3ccccc3)c(=O)n12. The molecule has 1 saturated heterocycles. The number of nitrogen functional groups attached to an aromatic ring is 1. The molecule has 33 heavy (non-hydrogen) atoms. The van der Waals surface area contributed by atoms with Gasteiger partial charge in [0.25, 0.3) is 0 Å². The van der Waals surface area contributed by atoms with Crippen molar-refractivity contribution in [2.24, 2.45) is 5.41 Å². The maximum atomic E-state index is 13.0. The van der Waals surface area contributed by atoms with Crippen LogP contribution in [-0.2, 0) is 13.1 Å². The summed E-state index contributed by atoms with van der Waals surface area (Å²) in [5.41, 5.74) is 8.74. The van der Waals surface area contributed by atoms with Crippen LogP contribution in [0.4, 0.5) is 5.95 Å². The number of nitrogens with zero attached hydrogens (tertiary/aromatic N) is 7. The van der Waals surface area contributed by atoms with E-state index >= 15 is 0 Å². The average molecular weight is 447 g/mol. The lowest BCUT2D eigenvalue weighted by Crippen LogP contribution is -2.40. The predicted molar refractivity (Wildman–Crippen MR) is 127 cm³/mol. The lowest BCUT2D eigenvalue weighted by molar-refractivity contribution is 0.105. The molecule has 3 aromatic heterocycles. The second kappa shape index (κ2) is 7.98. The quantitative estimate of drug-likeness (QED) is 0.506. The minimum atomic E-state index is -0.289. The summed E-state index contributed by atoms with van der Waals surface area (Å²) in [6, 6.07) is 9.79. The summed E-state index contributed by atoms with van der Waals surface area (Å²) in [4.78, 5) is 20.0. The summed E-state index contributed by atoms with van der Waals surface area (Å²) in [6.45, 7) is 4.40. The van der Waals surface area contributed by atoms with Crippen LogP contribution in [0, 0.1) is 5.41 Å². The van der Waals surface area contributed by atoms with Crippen molar-refractivity contribution in [3.05, 3.63) is 52.6 Å². The molecule has 1 aliphatic heterocycles. The van der Waals surface area contributed by atoms with E-state index in [0.717, 1.165) is 37.1 Å². The van der Waals surface area contributed by atoms with Crippen molar-refractivity contribution >= 4 is 22.6 Å². The molecule has 9 nitrogen and oxygen atoms in total. The Labute approximate surface area is 191 Å². The van der Waals surface area contributed by atoms with Crippen LogP contribution in [0.1, 0.15) is 44.1 Å². The maximum Gasteiger partial charge on any atom is 0.353 e. The zero-order valence-corrected chi connectivity index (χ0v) is 18.9. The smallest absolute Gasteiger partial charge is 0.353 e. The van der Waals surface area contributed by atoms with E-state index in [-0.39, 0.29) is 11.6 Å². The molecule has 2 fully saturated rings. The van der Waals surface area contributed by atoms with Gasteiger partial charge in [0.2, 0.25) is 5.95 Å². The summed E-state index contributed by atoms with van der Waals surface area (Å²) >= 11 is 0. The van der Waals surface area contributed by atoms with Gasteiger partial charge in [0.1, 0.15) is 0 Å². The Bertz CT molecular complexity index is 1340. The number of hydrogen-bond donors (Lipinski definition) is 1. The third kappa shape index (κ3) is 3.60. The zero-order chi connectivity index (χ0) is 22.4. The van der Waals surface area contributed by atoms with Crippen LogP contribution in [0.3, 0.4) is 0 Å². The van der Waals surface area contributed by atoms with Crippen molar-refractivity contribution in [3.63, 3.8) is 0 Å². The minimum Gasteiger partial charge on any atom is -0.369 e. The normalized spacial score (nSPS) is 18.7. The Hall–Kier alpha value is -3.20. The van der Waals surface area contributed by atoms with Crippen LogP contribution in [0.5, 0.6) is 0 Å². The van der Waals surface area contributed by atoms with Gasteiger partial charge in [-0.2, -0.15) is 10.1 Å². The molecule has 0 atom stereocenters. The van der Waals surface area contributed by atoms with Gasteiger partial charge in [-0.05, 0) is 49.8 Å². The Kier molecular flexibility index (Phi) is 4.94. The monoisotopic (exact) mass is 446 g/mol. The first-order chi connectivity index (χ1) is 16.1. The van der Waals surface area contributed by atoms with Crippen LogP contribution in [0.2, 0.25) is 0 Å². The first kappa shape index (κ1) is 20.4. The topological polar surface area (TPSA) is 99.3 Å². The Balaban J connectivity index is 1.24. The van der Waals surface area contributed by atoms with E-state index in [2.05, 4.69) is 20.1 Å². The molecule has 1 saturated carbocycles. The molecular formula is C24H30N8O. The van der Waals surface area contributed by atoms with E-state index in [0.29, 0.717) is 23.3 Å². The van der Waals surface area contributed by atoms with E-state index in [1.54, 1.807) is 6.20 Å². The minimum absolute atomic E-state index is 0.143. The molecular weight excluding hydrogens is 416 g/mol. The highest BCUT2D eigenvalue weighted by molar-refractivity contribution is 5.89. The highest BCUT2D eigenvalue weighted by Gasteiger charge is 2.36. The molecule has 1 aromatic carbocycles. The third-order valence-electron chi connectivity index (χ3n) is 7.73. The van der Waals surface area contributed by atoms with Crippen molar-refractivity contribution in [1.82, 2.24) is 33.8 Å². The molecule has 4 aromatic rings. The lowest BCUT2D eigenvalue weighted by atomic mass is 9.77. The van der Waals surface area contributed by atoms with Gasteiger partial charge in [0, 0.05) is 6.54 Å². The van der Waals surface area contributed by atoms with E-state index in [1.807, 2.05) is 35.0 Å². The van der Waals surface area contributed by atoms with Crippen LogP contribution < -0.4 is 11.4 Å². The number of anilines is 1. The number of nitrogens with two attached hydrogens (primary N) is 1. The summed E-state index contributed by atoms with van der Waals surface area (Å²) in [5.74, 6) is 0.143. The number of fused-ring (bicyclic) bond motifs is 3. The summed E-state index contributed by atoms with van der Waals surface area (Å²) < 4.78 is 4.71. The van der Waals surface area contributed by atoms with Gasteiger partial charge < -0.3 is 10.6 Å². The van der Waals surface area contributed by atoms with Gasteiger partial charge in [-0.1, -0.05) is 43.2 Å². The Morgan fingerprint density at radius 2 is 1.70 bits per heavy atom. The van der Waals surface area contributed by atoms with Crippen molar-refractivity contribution < 1.29 is 0 Å². The van der Waals surface area contributed by atoms with Crippen LogP contribution in [-0.4, -0.2) is 53.5 Å². The van der Waals surface area contributed by atoms with E-state index in [9.17, 15) is 4.79 Å². The van der Waals surface area contributed by atoms with Crippen molar-refractivity contribution in [3.8, 4) is 0 Å². The predicted octanol–water partition coefficient (Wildman–Crippen LogP) is 2.53. The molecule has 172 valence electrons. The van der Waals surface area contributed by atoms with Gasteiger partial charge in [-0.25, -0.2) is 18.6 Å². The number of piperidine rings is 1. The number of likely N-dealkylation sites (tertiary alicyclic amines) is 1. The van der Waals surface area contributed by atoms with Crippen molar-refractivity contribution in [2.45, 2.75) is 51.6 Å². The molecule has 1 spiro atoms. The standard InChI is InChI=1S/C24H30N8O/c25-22-27-20-19(21-28-31(23(33)32(21)22)17-18-6-2-1-3-7-18)16-26-30(20)15-14-29-12-10-24(11-13-29)8-4-5-9-24/h1-3,6-7,16H,4-5,8-15,17H2,(H2,25,27). The van der Waals surface area contributed by atoms with Gasteiger partial charge in [-0.3, -0.25) is 0 Å². The molecule has 2 N–H and O–H groups in total. The molecule has 0 unspecified atom stereocenters. The number of rotatable bonds is 5. The molecule has 2 aliphatic rings. The maximum absolute atomic E-state index is 13.0.